The average Bonchev–Trinajstić information content (AvgIpc) is 3.18. The van der Waals surface area contributed by atoms with Gasteiger partial charge in [-0.3, -0.25) is 18.5 Å². The van der Waals surface area contributed by atoms with Gasteiger partial charge in [0, 0.05) is 17.3 Å². The number of ether oxygens (including phenoxy) is 1. The van der Waals surface area contributed by atoms with E-state index in [0.717, 1.165) is 33.4 Å². The molecule has 0 saturated carbocycles. The van der Waals surface area contributed by atoms with Crippen molar-refractivity contribution in [2.24, 2.45) is 0 Å². The van der Waals surface area contributed by atoms with Crippen molar-refractivity contribution in [1.82, 2.24) is 4.57 Å². The summed E-state index contributed by atoms with van der Waals surface area (Å²) in [7, 11) is -3.60. The number of benzene rings is 3. The number of aromatic nitrogens is 1. The molecule has 4 rings (SSSR count). The average molecular weight is 540 g/mol. The third kappa shape index (κ3) is 5.86. The van der Waals surface area contributed by atoms with Gasteiger partial charge in [-0.25, -0.2) is 8.42 Å². The highest BCUT2D eigenvalue weighted by atomic mass is 32.2. The number of fused-ring (bicyclic) bond motifs is 1. The lowest BCUT2D eigenvalue weighted by atomic mass is 10.1. The van der Waals surface area contributed by atoms with Crippen LogP contribution in [0.25, 0.3) is 10.2 Å². The van der Waals surface area contributed by atoms with E-state index in [0.29, 0.717) is 29.3 Å². The van der Waals surface area contributed by atoms with Crippen molar-refractivity contribution in [1.29, 1.82) is 0 Å². The third-order valence-electron chi connectivity index (χ3n) is 5.76. The highest BCUT2D eigenvalue weighted by molar-refractivity contribution is 7.92. The molecule has 1 aromatic heterocycles. The van der Waals surface area contributed by atoms with E-state index in [-0.39, 0.29) is 23.4 Å². The first kappa shape index (κ1) is 26.4. The maximum atomic E-state index is 12.9. The number of para-hydroxylation sites is 2. The number of carbonyl (C=O) groups is 1. The van der Waals surface area contributed by atoms with E-state index >= 15 is 0 Å². The maximum Gasteiger partial charge on any atom is 0.308 e. The molecular weight excluding hydrogens is 510 g/mol. The van der Waals surface area contributed by atoms with Crippen molar-refractivity contribution in [3.8, 4) is 5.75 Å². The molecule has 8 nitrogen and oxygen atoms in total. The molecule has 0 spiro atoms. The van der Waals surface area contributed by atoms with Crippen LogP contribution < -0.4 is 19.2 Å². The summed E-state index contributed by atoms with van der Waals surface area (Å²) in [6.07, 6.45) is 1.15. The predicted octanol–water partition coefficient (Wildman–Crippen LogP) is 5.26. The van der Waals surface area contributed by atoms with Crippen molar-refractivity contribution in [2.45, 2.75) is 33.4 Å². The number of hydrogen-bond donors (Lipinski definition) is 1. The largest absolute Gasteiger partial charge is 0.492 e. The number of rotatable bonds is 9. The van der Waals surface area contributed by atoms with Crippen LogP contribution in [0.15, 0.2) is 71.5 Å². The zero-order chi connectivity index (χ0) is 26.7. The number of amides is 1. The first-order chi connectivity index (χ1) is 17.6. The van der Waals surface area contributed by atoms with Crippen molar-refractivity contribution in [2.75, 3.05) is 22.5 Å². The molecule has 0 atom stereocenters. The van der Waals surface area contributed by atoms with Gasteiger partial charge in [0.15, 0.2) is 0 Å². The summed E-state index contributed by atoms with van der Waals surface area (Å²) < 4.78 is 34.7. The summed E-state index contributed by atoms with van der Waals surface area (Å²) in [5.41, 5.74) is 3.03. The fourth-order valence-electron chi connectivity index (χ4n) is 4.06. The Morgan fingerprint density at radius 1 is 1.08 bits per heavy atom. The Hall–Kier alpha value is -3.63. The molecule has 0 fully saturated rings. The highest BCUT2D eigenvalue weighted by Gasteiger charge is 2.21. The Morgan fingerprint density at radius 3 is 2.43 bits per heavy atom. The van der Waals surface area contributed by atoms with Crippen LogP contribution in [0.4, 0.5) is 11.4 Å². The lowest BCUT2D eigenvalue weighted by Gasteiger charge is -2.24. The van der Waals surface area contributed by atoms with Crippen LogP contribution in [0.3, 0.4) is 0 Å². The number of anilines is 2. The van der Waals surface area contributed by atoms with Crippen LogP contribution >= 0.6 is 11.3 Å². The number of sulfonamides is 1. The van der Waals surface area contributed by atoms with Crippen LogP contribution in [0.1, 0.15) is 42.7 Å². The van der Waals surface area contributed by atoms with Crippen LogP contribution in [0.5, 0.6) is 5.75 Å². The van der Waals surface area contributed by atoms with E-state index in [1.807, 2.05) is 26.8 Å². The van der Waals surface area contributed by atoms with Gasteiger partial charge in [-0.15, -0.1) is 0 Å². The first-order valence-corrected chi connectivity index (χ1v) is 14.5. The molecule has 10 heteroatoms. The lowest BCUT2D eigenvalue weighted by Crippen LogP contribution is -2.29. The molecule has 0 aliphatic heterocycles. The SMILES string of the molecule is CCOc1ccccc1N(Cc1ccc(C(=O)Nc2ccc3c(c2)sc(=O)n3C(C)C)cc1)S(C)(=O)=O. The minimum absolute atomic E-state index is 0.0314. The lowest BCUT2D eigenvalue weighted by molar-refractivity contribution is 0.102. The molecule has 3 aromatic carbocycles. The molecule has 1 heterocycles. The van der Waals surface area contributed by atoms with Crippen molar-refractivity contribution < 1.29 is 17.9 Å². The molecule has 0 aliphatic carbocycles. The summed E-state index contributed by atoms with van der Waals surface area (Å²) >= 11 is 1.15. The minimum atomic E-state index is -3.60. The minimum Gasteiger partial charge on any atom is -0.492 e. The third-order valence-corrected chi connectivity index (χ3v) is 7.81. The topological polar surface area (TPSA) is 97.7 Å². The number of nitrogens with one attached hydrogen (secondary N) is 1. The number of thiazole rings is 1. The molecule has 0 bridgehead atoms. The number of hydrogen-bond acceptors (Lipinski definition) is 6. The van der Waals surface area contributed by atoms with Crippen LogP contribution in [0, 0.1) is 0 Å². The Kier molecular flexibility index (Phi) is 7.70. The Labute approximate surface area is 220 Å². The zero-order valence-corrected chi connectivity index (χ0v) is 22.7. The summed E-state index contributed by atoms with van der Waals surface area (Å²) in [6, 6.07) is 19.2. The fourth-order valence-corrected chi connectivity index (χ4v) is 6.00. The Morgan fingerprint density at radius 2 is 1.78 bits per heavy atom. The van der Waals surface area contributed by atoms with Gasteiger partial charge in [0.25, 0.3) is 5.91 Å². The molecule has 37 heavy (non-hydrogen) atoms. The van der Waals surface area contributed by atoms with E-state index < -0.39 is 10.0 Å². The predicted molar refractivity (Wildman–Crippen MR) is 150 cm³/mol. The second kappa shape index (κ2) is 10.8. The quantitative estimate of drug-likeness (QED) is 0.313. The van der Waals surface area contributed by atoms with Gasteiger partial charge in [0.1, 0.15) is 5.75 Å². The van der Waals surface area contributed by atoms with E-state index in [2.05, 4.69) is 5.32 Å². The van der Waals surface area contributed by atoms with Crippen LogP contribution in [-0.2, 0) is 16.6 Å². The summed E-state index contributed by atoms with van der Waals surface area (Å²) in [5, 5.41) is 2.87. The Bertz CT molecular complexity index is 1590. The van der Waals surface area contributed by atoms with Gasteiger partial charge < -0.3 is 10.1 Å². The van der Waals surface area contributed by atoms with Crippen molar-refractivity contribution >= 4 is 48.9 Å². The second-order valence-electron chi connectivity index (χ2n) is 8.84. The van der Waals surface area contributed by atoms with Gasteiger partial charge in [-0.05, 0) is 68.8 Å². The molecule has 1 N–H and O–H groups in total. The molecule has 0 radical (unpaired) electrons. The number of carbonyl (C=O) groups excluding carboxylic acids is 1. The highest BCUT2D eigenvalue weighted by Crippen LogP contribution is 2.31. The van der Waals surface area contributed by atoms with Gasteiger partial charge in [-0.2, -0.15) is 0 Å². The number of nitrogens with zero attached hydrogens (tertiary/aromatic N) is 2. The molecular formula is C27H29N3O5S2. The normalized spacial score (nSPS) is 11.6. The van der Waals surface area contributed by atoms with Crippen LogP contribution in [0.2, 0.25) is 0 Å². The van der Waals surface area contributed by atoms with E-state index in [1.165, 1.54) is 4.31 Å². The molecule has 4 aromatic rings. The van der Waals surface area contributed by atoms with E-state index in [9.17, 15) is 18.0 Å². The fraction of sp³-hybridized carbons (Fsp3) is 0.259. The standard InChI is InChI=1S/C27H29N3O5S2/c1-5-35-24-9-7-6-8-22(24)29(37(4,33)34)17-19-10-12-20(13-11-19)26(31)28-21-14-15-23-25(16-21)36-27(32)30(23)18(2)3/h6-16,18H,5,17H2,1-4H3,(H,28,31). The molecule has 1 amide bonds. The summed E-state index contributed by atoms with van der Waals surface area (Å²) in [6.45, 7) is 6.26. The van der Waals surface area contributed by atoms with Crippen molar-refractivity contribution in [3.63, 3.8) is 0 Å². The molecule has 0 unspecified atom stereocenters. The molecule has 0 aliphatic rings. The van der Waals surface area contributed by atoms with E-state index in [1.54, 1.807) is 65.2 Å². The smallest absolute Gasteiger partial charge is 0.308 e. The van der Waals surface area contributed by atoms with Gasteiger partial charge in [0.05, 0.1) is 35.3 Å². The van der Waals surface area contributed by atoms with Crippen LogP contribution in [-0.4, -0.2) is 31.8 Å². The van der Waals surface area contributed by atoms with E-state index in [4.69, 9.17) is 4.74 Å². The summed E-state index contributed by atoms with van der Waals surface area (Å²) in [5.74, 6) is 0.181. The summed E-state index contributed by atoms with van der Waals surface area (Å²) in [4.78, 5) is 25.1. The van der Waals surface area contributed by atoms with Crippen molar-refractivity contribution in [3.05, 3.63) is 87.5 Å². The monoisotopic (exact) mass is 539 g/mol. The molecule has 0 saturated heterocycles. The molecule has 194 valence electrons. The van der Waals surface area contributed by atoms with Gasteiger partial charge >= 0.3 is 4.87 Å². The second-order valence-corrected chi connectivity index (χ2v) is 11.7. The maximum absolute atomic E-state index is 12.9. The Balaban J connectivity index is 1.52. The zero-order valence-electron chi connectivity index (χ0n) is 21.1. The first-order valence-electron chi connectivity index (χ1n) is 11.8. The van der Waals surface area contributed by atoms with Gasteiger partial charge in [-0.1, -0.05) is 35.6 Å². The van der Waals surface area contributed by atoms with Gasteiger partial charge in [0.2, 0.25) is 10.0 Å².